The van der Waals surface area contributed by atoms with Gasteiger partial charge in [-0.1, -0.05) is 309 Å². The second kappa shape index (κ2) is 30.6. The van der Waals surface area contributed by atoms with Crippen molar-refractivity contribution in [3.05, 3.63) is 466 Å². The summed E-state index contributed by atoms with van der Waals surface area (Å²) >= 11 is 0. The number of nitrogens with zero attached hydrogens (tertiary/aromatic N) is 4. The lowest BCUT2D eigenvalue weighted by Gasteiger charge is -2.28. The van der Waals surface area contributed by atoms with Crippen LogP contribution in [0.25, 0.3) is 205 Å². The number of benzene rings is 20. The summed E-state index contributed by atoms with van der Waals surface area (Å²) in [6.07, 6.45) is 6.40. The molecule has 600 valence electrons. The van der Waals surface area contributed by atoms with Gasteiger partial charge in [0, 0.05) is 94.9 Å². The monoisotopic (exact) mass is 1630 g/mol. The van der Waals surface area contributed by atoms with E-state index in [1.807, 2.05) is 0 Å². The molecule has 25 rings (SSSR count). The third-order valence-corrected chi connectivity index (χ3v) is 26.4. The van der Waals surface area contributed by atoms with E-state index in [-0.39, 0.29) is 0 Å². The number of anilines is 6. The van der Waals surface area contributed by atoms with Gasteiger partial charge in [0.1, 0.15) is 22.5 Å². The largest absolute Gasteiger partial charge is 0.460 e. The Balaban J connectivity index is 0.515. The molecule has 1 aliphatic rings. The molecule has 0 unspecified atom stereocenters. The number of hydrogen-bond donors (Lipinski definition) is 0. The van der Waals surface area contributed by atoms with Gasteiger partial charge in [0.25, 0.3) is 0 Å². The fourth-order valence-electron chi connectivity index (χ4n) is 20.2. The van der Waals surface area contributed by atoms with Crippen LogP contribution in [0.4, 0.5) is 34.1 Å². The van der Waals surface area contributed by atoms with E-state index in [4.69, 9.17) is 8.83 Å². The van der Waals surface area contributed by atoms with Gasteiger partial charge in [-0.2, -0.15) is 0 Å². The van der Waals surface area contributed by atoms with E-state index in [9.17, 15) is 0 Å². The van der Waals surface area contributed by atoms with Gasteiger partial charge in [-0.3, -0.25) is 0 Å². The molecular weight excluding hydrogens is 1550 g/mol. The van der Waals surface area contributed by atoms with E-state index in [0.717, 1.165) is 180 Å². The van der Waals surface area contributed by atoms with Crippen LogP contribution < -0.4 is 9.80 Å². The van der Waals surface area contributed by atoms with Crippen molar-refractivity contribution < 1.29 is 8.83 Å². The number of para-hydroxylation sites is 6. The minimum absolute atomic E-state index is 0.835. The van der Waals surface area contributed by atoms with Crippen LogP contribution in [0.1, 0.15) is 17.7 Å². The highest BCUT2D eigenvalue weighted by atomic mass is 16.3. The van der Waals surface area contributed by atoms with Crippen LogP contribution in [-0.2, 0) is 6.42 Å². The first kappa shape index (κ1) is 73.9. The van der Waals surface area contributed by atoms with Crippen LogP contribution in [0.2, 0.25) is 0 Å². The van der Waals surface area contributed by atoms with Crippen LogP contribution >= 0.6 is 0 Å². The van der Waals surface area contributed by atoms with E-state index < -0.39 is 0 Å². The highest BCUT2D eigenvalue weighted by molar-refractivity contribution is 6.16. The normalized spacial score (nSPS) is 12.1. The molecule has 20 aromatic carbocycles. The number of rotatable bonds is 16. The predicted octanol–water partition coefficient (Wildman–Crippen LogP) is 34.1. The van der Waals surface area contributed by atoms with Gasteiger partial charge in [0.05, 0.1) is 33.4 Å². The molecule has 0 saturated carbocycles. The van der Waals surface area contributed by atoms with Gasteiger partial charge in [-0.25, -0.2) is 0 Å². The number of allylic oxidation sites excluding steroid dienone is 1. The topological polar surface area (TPSA) is 42.6 Å². The van der Waals surface area contributed by atoms with E-state index in [1.54, 1.807) is 0 Å². The summed E-state index contributed by atoms with van der Waals surface area (Å²) in [6, 6.07) is 164. The molecular formula is C122H80N4O2. The minimum atomic E-state index is 0.835. The maximum Gasteiger partial charge on any atom is 0.136 e. The lowest BCUT2D eigenvalue weighted by Crippen LogP contribution is -2.11. The number of aromatic nitrogens is 2. The zero-order chi connectivity index (χ0) is 84.3. The van der Waals surface area contributed by atoms with E-state index in [1.165, 1.54) is 76.3 Å². The quantitative estimate of drug-likeness (QED) is 0.0967. The Labute approximate surface area is 740 Å². The zero-order valence-electron chi connectivity index (χ0n) is 69.9. The molecule has 4 aromatic heterocycles. The number of hydrogen-bond acceptors (Lipinski definition) is 4. The van der Waals surface area contributed by atoms with Crippen molar-refractivity contribution in [2.45, 2.75) is 12.8 Å². The number of aryl methyl sites for hydroxylation is 1. The standard InChI is InChI=1S/C122H80N4O2/c1-2-22-87-73-90(52-49-79(87)21-1)85-61-70-98(71-62-85)124(97-68-59-84(60-69-97)89-24-18-26-100(77-89)126-115-40-14-5-29-103(115)104-30-6-15-41-116(104)126)112-37-11-8-32-106(112)108-35-20-44-119-122(108)110-72-63-93(78-120(110)128-119)92-54-51-86-50-53-91(74-94(86)75-92)82-47-45-80(46-48-82)81-55-64-95(65-56-81)123(111-36-10-7-31-105(111)107-34-19-43-118-121(107)109-33-9-16-42-117(109)127-118)96-66-57-83(58-67-96)88-23-17-25-99(76-88)125-113-38-12-3-27-101(113)102-28-4-13-39-114(102)125/h1-15,17-41,43-78H,16,42H2. The average molecular weight is 1630 g/mol. The maximum absolute atomic E-state index is 6.98. The highest BCUT2D eigenvalue weighted by Crippen LogP contribution is 2.50. The molecule has 0 fully saturated rings. The Morgan fingerprint density at radius 3 is 1.05 bits per heavy atom. The average Bonchev–Trinajstić information content (AvgIpc) is 1.68. The van der Waals surface area contributed by atoms with Gasteiger partial charge in [-0.05, 0) is 258 Å². The van der Waals surface area contributed by atoms with E-state index >= 15 is 0 Å². The van der Waals surface area contributed by atoms with Crippen LogP contribution in [0.3, 0.4) is 0 Å². The number of furan rings is 2. The molecule has 0 amide bonds. The summed E-state index contributed by atoms with van der Waals surface area (Å²) in [7, 11) is 0. The molecule has 6 heteroatoms. The molecule has 0 radical (unpaired) electrons. The third-order valence-electron chi connectivity index (χ3n) is 26.4. The van der Waals surface area contributed by atoms with Crippen molar-refractivity contribution in [1.29, 1.82) is 0 Å². The van der Waals surface area contributed by atoms with Crippen LogP contribution in [0, 0.1) is 0 Å². The molecule has 128 heavy (non-hydrogen) atoms. The van der Waals surface area contributed by atoms with Crippen LogP contribution in [-0.4, -0.2) is 9.13 Å². The summed E-state index contributed by atoms with van der Waals surface area (Å²) < 4.78 is 18.4. The molecule has 0 atom stereocenters. The first-order valence-electron chi connectivity index (χ1n) is 44.1. The Bertz CT molecular complexity index is 8450. The minimum Gasteiger partial charge on any atom is -0.460 e. The fourth-order valence-corrected chi connectivity index (χ4v) is 20.2. The van der Waals surface area contributed by atoms with Crippen molar-refractivity contribution in [2.75, 3.05) is 9.80 Å². The van der Waals surface area contributed by atoms with Gasteiger partial charge < -0.3 is 27.8 Å². The number of fused-ring (bicyclic) bond motifs is 14. The second-order valence-corrected chi connectivity index (χ2v) is 33.7. The summed E-state index contributed by atoms with van der Waals surface area (Å²) in [5, 5.41) is 13.1. The summed E-state index contributed by atoms with van der Waals surface area (Å²) in [5.74, 6) is 1.05. The molecule has 6 nitrogen and oxygen atoms in total. The summed E-state index contributed by atoms with van der Waals surface area (Å²) in [6.45, 7) is 0. The first-order valence-corrected chi connectivity index (χ1v) is 44.1. The molecule has 4 heterocycles. The first-order chi connectivity index (χ1) is 63.4. The molecule has 24 aromatic rings. The third kappa shape index (κ3) is 12.7. The molecule has 1 aliphatic carbocycles. The predicted molar refractivity (Wildman–Crippen MR) is 537 cm³/mol. The summed E-state index contributed by atoms with van der Waals surface area (Å²) in [5.41, 5.74) is 35.2. The van der Waals surface area contributed by atoms with Crippen LogP contribution in [0.5, 0.6) is 0 Å². The second-order valence-electron chi connectivity index (χ2n) is 33.7. The van der Waals surface area contributed by atoms with Gasteiger partial charge in [0.15, 0.2) is 0 Å². The summed E-state index contributed by atoms with van der Waals surface area (Å²) in [4.78, 5) is 4.83. The lowest BCUT2D eigenvalue weighted by atomic mass is 9.94. The van der Waals surface area contributed by atoms with Crippen molar-refractivity contribution in [2.24, 2.45) is 0 Å². The van der Waals surface area contributed by atoms with Crippen molar-refractivity contribution >= 4 is 138 Å². The maximum atomic E-state index is 6.98. The molecule has 0 saturated heterocycles. The van der Waals surface area contributed by atoms with Crippen molar-refractivity contribution in [3.63, 3.8) is 0 Å². The molecule has 0 spiro atoms. The fraction of sp³-hybridized carbons (Fsp3) is 0.0164. The Hall–Kier alpha value is -16.8. The Morgan fingerprint density at radius 2 is 0.562 bits per heavy atom. The van der Waals surface area contributed by atoms with Crippen LogP contribution in [0.15, 0.2) is 464 Å². The zero-order valence-corrected chi connectivity index (χ0v) is 69.9. The van der Waals surface area contributed by atoms with Crippen molar-refractivity contribution in [1.82, 2.24) is 9.13 Å². The van der Waals surface area contributed by atoms with Gasteiger partial charge in [-0.15, -0.1) is 0 Å². The lowest BCUT2D eigenvalue weighted by molar-refractivity contribution is 0.546. The molecule has 0 bridgehead atoms. The smallest absolute Gasteiger partial charge is 0.136 e. The molecule has 0 N–H and O–H groups in total. The van der Waals surface area contributed by atoms with Crippen molar-refractivity contribution in [3.8, 4) is 100 Å². The van der Waals surface area contributed by atoms with Gasteiger partial charge >= 0.3 is 0 Å². The Morgan fingerprint density at radius 1 is 0.219 bits per heavy atom. The van der Waals surface area contributed by atoms with Gasteiger partial charge in [0.2, 0.25) is 0 Å². The SMILES string of the molecule is C1=Cc2c(oc3cccc(-c4ccccc4N(c4ccc(-c5ccc(-c6ccc7ccc(-c8ccc9c(c8)oc8cccc(-c%10ccccc%10N(c%10ccc(-c%11cccc(-n%12c%13ccccc%13c%13ccccc%13%12)c%11)cc%10)c%10ccc(-c%11ccc%12ccccc%12c%11)cc%10)c89)cc7c6)cc5)cc4)c4ccc(-c5cccc(-n6c7ccccc7c7ccccc76)c5)cc4)c23)CC1. The van der Waals surface area contributed by atoms with E-state index in [0.29, 0.717) is 0 Å². The molecule has 0 aliphatic heterocycles. The van der Waals surface area contributed by atoms with E-state index in [2.05, 4.69) is 480 Å². The Kier molecular flexibility index (Phi) is 17.7. The highest BCUT2D eigenvalue weighted by Gasteiger charge is 2.27.